The molecule has 124 valence electrons. The summed E-state index contributed by atoms with van der Waals surface area (Å²) in [5.74, 6) is 0.955. The molecule has 22 heavy (non-hydrogen) atoms. The average molecular weight is 325 g/mol. The van der Waals surface area contributed by atoms with Crippen molar-refractivity contribution in [3.05, 3.63) is 0 Å². The van der Waals surface area contributed by atoms with Crippen LogP contribution in [0.5, 0.6) is 0 Å². The van der Waals surface area contributed by atoms with Crippen LogP contribution in [-0.4, -0.2) is 37.9 Å². The Morgan fingerprint density at radius 3 is 2.64 bits per heavy atom. The van der Waals surface area contributed by atoms with Crippen molar-refractivity contribution >= 4 is 17.7 Å². The zero-order valence-electron chi connectivity index (χ0n) is 13.6. The number of carbonyl (C=O) groups excluding carboxylic acids is 1. The number of rotatable bonds is 6. The van der Waals surface area contributed by atoms with E-state index in [-0.39, 0.29) is 5.91 Å². The predicted molar refractivity (Wildman–Crippen MR) is 87.6 cm³/mol. The summed E-state index contributed by atoms with van der Waals surface area (Å²) in [6, 6.07) is 0.347. The lowest BCUT2D eigenvalue weighted by Crippen LogP contribution is -2.36. The fourth-order valence-electron chi connectivity index (χ4n) is 2.76. The maximum absolute atomic E-state index is 12.1. The van der Waals surface area contributed by atoms with Crippen LogP contribution in [0.15, 0.2) is 5.16 Å². The van der Waals surface area contributed by atoms with E-state index >= 15 is 0 Å². The van der Waals surface area contributed by atoms with Crippen LogP contribution in [0.1, 0.15) is 58.8 Å². The third kappa shape index (κ3) is 5.94. The number of thioether (sulfide) groups is 1. The lowest BCUT2D eigenvalue weighted by molar-refractivity contribution is -0.119. The number of hydrogen-bond acceptors (Lipinski definition) is 5. The molecule has 0 aromatic carbocycles. The van der Waals surface area contributed by atoms with Gasteiger partial charge in [0, 0.05) is 12.6 Å². The number of carbonyl (C=O) groups is 1. The van der Waals surface area contributed by atoms with Gasteiger partial charge in [0.15, 0.2) is 0 Å². The SMILES string of the molecule is CC(C)Cn1nnnc1SCC(=O)NC1CCCCCCC1. The smallest absolute Gasteiger partial charge is 0.230 e. The number of aromatic nitrogens is 4. The highest BCUT2D eigenvalue weighted by molar-refractivity contribution is 7.99. The van der Waals surface area contributed by atoms with Crippen LogP contribution in [0.2, 0.25) is 0 Å². The Balaban J connectivity index is 1.76. The Hall–Kier alpha value is -1.11. The first-order valence-electron chi connectivity index (χ1n) is 8.33. The molecule has 1 N–H and O–H groups in total. The molecule has 0 radical (unpaired) electrons. The normalized spacial score (nSPS) is 17.2. The summed E-state index contributed by atoms with van der Waals surface area (Å²) in [6.45, 7) is 5.02. The minimum Gasteiger partial charge on any atom is -0.353 e. The van der Waals surface area contributed by atoms with Crippen molar-refractivity contribution in [2.45, 2.75) is 76.5 Å². The van der Waals surface area contributed by atoms with Crippen molar-refractivity contribution < 1.29 is 4.79 Å². The fraction of sp³-hybridized carbons (Fsp3) is 0.867. The maximum Gasteiger partial charge on any atom is 0.230 e. The van der Waals surface area contributed by atoms with Gasteiger partial charge in [0.2, 0.25) is 11.1 Å². The van der Waals surface area contributed by atoms with Gasteiger partial charge < -0.3 is 5.32 Å². The summed E-state index contributed by atoms with van der Waals surface area (Å²) in [5, 5.41) is 15.6. The molecular weight excluding hydrogens is 298 g/mol. The van der Waals surface area contributed by atoms with E-state index in [0.29, 0.717) is 17.7 Å². The molecule has 1 amide bonds. The molecule has 1 aliphatic rings. The van der Waals surface area contributed by atoms with Gasteiger partial charge in [-0.15, -0.1) is 5.10 Å². The summed E-state index contributed by atoms with van der Waals surface area (Å²) in [5.41, 5.74) is 0. The van der Waals surface area contributed by atoms with Gasteiger partial charge in [0.05, 0.1) is 5.75 Å². The highest BCUT2D eigenvalue weighted by Gasteiger charge is 2.15. The summed E-state index contributed by atoms with van der Waals surface area (Å²) in [7, 11) is 0. The van der Waals surface area contributed by atoms with Crippen molar-refractivity contribution in [1.29, 1.82) is 0 Å². The van der Waals surface area contributed by atoms with Crippen LogP contribution in [0.3, 0.4) is 0 Å². The van der Waals surface area contributed by atoms with Crippen molar-refractivity contribution in [3.63, 3.8) is 0 Å². The molecule has 0 aliphatic heterocycles. The maximum atomic E-state index is 12.1. The Kier molecular flexibility index (Phi) is 7.15. The van der Waals surface area contributed by atoms with E-state index in [1.165, 1.54) is 43.9 Å². The molecule has 7 heteroatoms. The van der Waals surface area contributed by atoms with E-state index in [2.05, 4.69) is 34.7 Å². The van der Waals surface area contributed by atoms with E-state index in [1.54, 1.807) is 4.68 Å². The van der Waals surface area contributed by atoms with Gasteiger partial charge in [-0.1, -0.05) is 57.7 Å². The second-order valence-electron chi connectivity index (χ2n) is 6.44. The number of nitrogens with zero attached hydrogens (tertiary/aromatic N) is 4. The Labute approximate surface area is 136 Å². The Morgan fingerprint density at radius 2 is 1.95 bits per heavy atom. The highest BCUT2D eigenvalue weighted by atomic mass is 32.2. The summed E-state index contributed by atoms with van der Waals surface area (Å²) in [6.07, 6.45) is 8.61. The van der Waals surface area contributed by atoms with E-state index in [4.69, 9.17) is 0 Å². The minimum atomic E-state index is 0.0923. The third-order valence-corrected chi connectivity index (χ3v) is 4.80. The first-order chi connectivity index (χ1) is 10.6. The van der Waals surface area contributed by atoms with Gasteiger partial charge in [-0.25, -0.2) is 4.68 Å². The van der Waals surface area contributed by atoms with E-state index in [0.717, 1.165) is 24.5 Å². The second-order valence-corrected chi connectivity index (χ2v) is 7.38. The molecule has 0 spiro atoms. The molecule has 0 atom stereocenters. The van der Waals surface area contributed by atoms with E-state index < -0.39 is 0 Å². The van der Waals surface area contributed by atoms with Crippen LogP contribution >= 0.6 is 11.8 Å². The molecule has 2 rings (SSSR count). The van der Waals surface area contributed by atoms with Crippen LogP contribution < -0.4 is 5.32 Å². The number of hydrogen-bond donors (Lipinski definition) is 1. The summed E-state index contributed by atoms with van der Waals surface area (Å²) >= 11 is 1.42. The summed E-state index contributed by atoms with van der Waals surface area (Å²) in [4.78, 5) is 12.1. The largest absolute Gasteiger partial charge is 0.353 e. The first kappa shape index (κ1) is 17.2. The highest BCUT2D eigenvalue weighted by Crippen LogP contribution is 2.18. The zero-order valence-corrected chi connectivity index (χ0v) is 14.4. The van der Waals surface area contributed by atoms with Gasteiger partial charge in [-0.05, 0) is 29.2 Å². The Morgan fingerprint density at radius 1 is 1.27 bits per heavy atom. The lowest BCUT2D eigenvalue weighted by Gasteiger charge is -2.20. The van der Waals surface area contributed by atoms with Gasteiger partial charge >= 0.3 is 0 Å². The third-order valence-electron chi connectivity index (χ3n) is 3.84. The van der Waals surface area contributed by atoms with Gasteiger partial charge in [0.25, 0.3) is 0 Å². The number of tetrazole rings is 1. The molecule has 1 aromatic rings. The molecule has 6 nitrogen and oxygen atoms in total. The second kappa shape index (κ2) is 9.12. The van der Waals surface area contributed by atoms with Crippen molar-refractivity contribution in [2.24, 2.45) is 5.92 Å². The number of amides is 1. The average Bonchev–Trinajstić information content (AvgIpc) is 2.86. The van der Waals surface area contributed by atoms with E-state index in [9.17, 15) is 4.79 Å². The van der Waals surface area contributed by atoms with Crippen molar-refractivity contribution in [3.8, 4) is 0 Å². The molecule has 1 aliphatic carbocycles. The molecule has 0 bridgehead atoms. The molecule has 1 fully saturated rings. The van der Waals surface area contributed by atoms with Gasteiger partial charge in [-0.2, -0.15) is 0 Å². The Bertz CT molecular complexity index is 455. The minimum absolute atomic E-state index is 0.0923. The quantitative estimate of drug-likeness (QED) is 0.814. The molecule has 0 unspecified atom stereocenters. The standard InChI is InChI=1S/C15H27N5OS/c1-12(2)10-20-15(17-18-19-20)22-11-14(21)16-13-8-6-4-3-5-7-9-13/h12-13H,3-11H2,1-2H3,(H,16,21). The topological polar surface area (TPSA) is 72.7 Å². The van der Waals surface area contributed by atoms with Gasteiger partial charge in [-0.3, -0.25) is 4.79 Å². The molecule has 1 heterocycles. The molecular formula is C15H27N5OS. The number of nitrogens with one attached hydrogen (secondary N) is 1. The van der Waals surface area contributed by atoms with Crippen molar-refractivity contribution in [2.75, 3.05) is 5.75 Å². The van der Waals surface area contributed by atoms with Crippen molar-refractivity contribution in [1.82, 2.24) is 25.5 Å². The molecule has 1 aromatic heterocycles. The van der Waals surface area contributed by atoms with Crippen LogP contribution in [0.4, 0.5) is 0 Å². The van der Waals surface area contributed by atoms with Crippen LogP contribution in [-0.2, 0) is 11.3 Å². The van der Waals surface area contributed by atoms with Gasteiger partial charge in [0.1, 0.15) is 0 Å². The van der Waals surface area contributed by atoms with Crippen LogP contribution in [0, 0.1) is 5.92 Å². The fourth-order valence-corrected chi connectivity index (χ4v) is 3.46. The summed E-state index contributed by atoms with van der Waals surface area (Å²) < 4.78 is 1.78. The van der Waals surface area contributed by atoms with E-state index in [1.807, 2.05) is 0 Å². The lowest BCUT2D eigenvalue weighted by atomic mass is 9.97. The molecule has 1 saturated carbocycles. The monoisotopic (exact) mass is 325 g/mol. The first-order valence-corrected chi connectivity index (χ1v) is 9.32. The molecule has 0 saturated heterocycles. The zero-order chi connectivity index (χ0) is 15.8. The predicted octanol–water partition coefficient (Wildman–Crippen LogP) is 2.65. The van der Waals surface area contributed by atoms with Crippen LogP contribution in [0.25, 0.3) is 0 Å².